The van der Waals surface area contributed by atoms with Gasteiger partial charge < -0.3 is 5.11 Å². The molecule has 0 radical (unpaired) electrons. The normalized spacial score (nSPS) is 18.6. The summed E-state index contributed by atoms with van der Waals surface area (Å²) in [6, 6.07) is 7.13. The van der Waals surface area contributed by atoms with Crippen LogP contribution in [0.3, 0.4) is 0 Å². The summed E-state index contributed by atoms with van der Waals surface area (Å²) in [5.74, 6) is -0.0793. The van der Waals surface area contributed by atoms with Gasteiger partial charge in [0.15, 0.2) is 0 Å². The minimum Gasteiger partial charge on any atom is -0.481 e. The van der Waals surface area contributed by atoms with Gasteiger partial charge in [0.1, 0.15) is 0 Å². The average molecular weight is 289 g/mol. The monoisotopic (exact) mass is 289 g/mol. The van der Waals surface area contributed by atoms with E-state index < -0.39 is 5.97 Å². The Hall–Kier alpha value is -1.35. The summed E-state index contributed by atoms with van der Waals surface area (Å²) in [4.78, 5) is 13.2. The number of benzene rings is 1. The third-order valence-corrected chi connectivity index (χ3v) is 4.85. The second-order valence-electron chi connectivity index (χ2n) is 6.45. The molecule has 3 nitrogen and oxygen atoms in total. The molecule has 0 amide bonds. The predicted octanol–water partition coefficient (Wildman–Crippen LogP) is 3.94. The molecule has 1 aromatic carbocycles. The number of hydrogen-bond donors (Lipinski definition) is 1. The SMILES string of the molecule is Cc1ccc(C)c(C(C)N2CCC(CCC(=O)O)CC2)c1. The minimum atomic E-state index is -0.666. The fraction of sp³-hybridized carbons (Fsp3) is 0.611. The number of carboxylic acid groups (broad SMARTS) is 1. The molecule has 116 valence electrons. The first kappa shape index (κ1) is 16.0. The van der Waals surface area contributed by atoms with E-state index in [1.165, 1.54) is 16.7 Å². The van der Waals surface area contributed by atoms with Gasteiger partial charge in [-0.1, -0.05) is 23.8 Å². The van der Waals surface area contributed by atoms with Gasteiger partial charge in [0.05, 0.1) is 0 Å². The fourth-order valence-corrected chi connectivity index (χ4v) is 3.36. The lowest BCUT2D eigenvalue weighted by atomic mass is 9.90. The molecule has 0 bridgehead atoms. The summed E-state index contributed by atoms with van der Waals surface area (Å²) in [5.41, 5.74) is 4.11. The molecule has 1 saturated heterocycles. The van der Waals surface area contributed by atoms with E-state index in [1.54, 1.807) is 0 Å². The number of carboxylic acids is 1. The van der Waals surface area contributed by atoms with Crippen molar-refractivity contribution in [3.8, 4) is 0 Å². The van der Waals surface area contributed by atoms with Crippen LogP contribution < -0.4 is 0 Å². The lowest BCUT2D eigenvalue weighted by Crippen LogP contribution is -2.36. The number of aliphatic carboxylic acids is 1. The van der Waals surface area contributed by atoms with Gasteiger partial charge in [0.2, 0.25) is 0 Å². The van der Waals surface area contributed by atoms with Gasteiger partial charge in [-0.3, -0.25) is 9.69 Å². The molecule has 1 fully saturated rings. The largest absolute Gasteiger partial charge is 0.481 e. The molecular formula is C18H27NO2. The van der Waals surface area contributed by atoms with Crippen molar-refractivity contribution in [1.82, 2.24) is 4.90 Å². The van der Waals surface area contributed by atoms with Crippen molar-refractivity contribution in [1.29, 1.82) is 0 Å². The summed E-state index contributed by atoms with van der Waals surface area (Å²) in [6.07, 6.45) is 3.41. The molecule has 0 aliphatic carbocycles. The Kier molecular flexibility index (Phi) is 5.40. The van der Waals surface area contributed by atoms with Crippen molar-refractivity contribution in [2.75, 3.05) is 13.1 Å². The lowest BCUT2D eigenvalue weighted by molar-refractivity contribution is -0.137. The maximum atomic E-state index is 10.7. The Morgan fingerprint density at radius 3 is 2.62 bits per heavy atom. The van der Waals surface area contributed by atoms with Gasteiger partial charge in [-0.25, -0.2) is 0 Å². The highest BCUT2D eigenvalue weighted by atomic mass is 16.4. The van der Waals surface area contributed by atoms with Crippen LogP contribution in [0.2, 0.25) is 0 Å². The topological polar surface area (TPSA) is 40.5 Å². The van der Waals surface area contributed by atoms with Gasteiger partial charge >= 0.3 is 5.97 Å². The average Bonchev–Trinajstić information content (AvgIpc) is 2.47. The van der Waals surface area contributed by atoms with Crippen molar-refractivity contribution in [3.63, 3.8) is 0 Å². The van der Waals surface area contributed by atoms with Crippen LogP contribution in [-0.4, -0.2) is 29.1 Å². The number of aryl methyl sites for hydroxylation is 2. The number of piperidine rings is 1. The summed E-state index contributed by atoms with van der Waals surface area (Å²) < 4.78 is 0. The van der Waals surface area contributed by atoms with E-state index in [1.807, 2.05) is 0 Å². The molecule has 1 atom stereocenters. The fourth-order valence-electron chi connectivity index (χ4n) is 3.36. The first-order chi connectivity index (χ1) is 9.97. The number of likely N-dealkylation sites (tertiary alicyclic amines) is 1. The highest BCUT2D eigenvalue weighted by Crippen LogP contribution is 2.30. The lowest BCUT2D eigenvalue weighted by Gasteiger charge is -2.36. The highest BCUT2D eigenvalue weighted by Gasteiger charge is 2.24. The van der Waals surface area contributed by atoms with Crippen LogP contribution in [0.5, 0.6) is 0 Å². The quantitative estimate of drug-likeness (QED) is 0.892. The summed E-state index contributed by atoms with van der Waals surface area (Å²) in [5, 5.41) is 8.78. The van der Waals surface area contributed by atoms with Gasteiger partial charge in [-0.05, 0) is 70.2 Å². The van der Waals surface area contributed by atoms with Crippen molar-refractivity contribution in [2.45, 2.75) is 52.5 Å². The highest BCUT2D eigenvalue weighted by molar-refractivity contribution is 5.66. The third-order valence-electron chi connectivity index (χ3n) is 4.85. The zero-order valence-corrected chi connectivity index (χ0v) is 13.4. The zero-order chi connectivity index (χ0) is 15.4. The molecular weight excluding hydrogens is 262 g/mol. The second kappa shape index (κ2) is 7.08. The second-order valence-corrected chi connectivity index (χ2v) is 6.45. The minimum absolute atomic E-state index is 0.317. The summed E-state index contributed by atoms with van der Waals surface area (Å²) in [6.45, 7) is 8.79. The van der Waals surface area contributed by atoms with E-state index in [0.717, 1.165) is 32.4 Å². The van der Waals surface area contributed by atoms with Crippen LogP contribution in [0.15, 0.2) is 18.2 Å². The molecule has 1 heterocycles. The van der Waals surface area contributed by atoms with Crippen LogP contribution in [-0.2, 0) is 4.79 Å². The maximum absolute atomic E-state index is 10.7. The number of carbonyl (C=O) groups is 1. The molecule has 1 aliphatic rings. The molecule has 2 rings (SSSR count). The smallest absolute Gasteiger partial charge is 0.303 e. The number of nitrogens with zero attached hydrogens (tertiary/aromatic N) is 1. The Labute approximate surface area is 128 Å². The maximum Gasteiger partial charge on any atom is 0.303 e. The Morgan fingerprint density at radius 1 is 1.33 bits per heavy atom. The van der Waals surface area contributed by atoms with Crippen LogP contribution in [0, 0.1) is 19.8 Å². The van der Waals surface area contributed by atoms with Crippen LogP contribution in [0.25, 0.3) is 0 Å². The Bertz CT molecular complexity index is 490. The van der Waals surface area contributed by atoms with E-state index >= 15 is 0 Å². The standard InChI is InChI=1S/C18H27NO2/c1-13-4-5-14(2)17(12-13)15(3)19-10-8-16(9-11-19)6-7-18(20)21/h4-5,12,15-16H,6-11H2,1-3H3,(H,20,21). The molecule has 1 N–H and O–H groups in total. The molecule has 0 aromatic heterocycles. The molecule has 21 heavy (non-hydrogen) atoms. The van der Waals surface area contributed by atoms with E-state index in [2.05, 4.69) is 43.9 Å². The van der Waals surface area contributed by atoms with Gasteiger partial charge in [0, 0.05) is 12.5 Å². The zero-order valence-electron chi connectivity index (χ0n) is 13.4. The number of rotatable bonds is 5. The molecule has 1 aliphatic heterocycles. The van der Waals surface area contributed by atoms with E-state index in [4.69, 9.17) is 5.11 Å². The van der Waals surface area contributed by atoms with Crippen molar-refractivity contribution >= 4 is 5.97 Å². The third kappa shape index (κ3) is 4.31. The van der Waals surface area contributed by atoms with E-state index in [-0.39, 0.29) is 0 Å². The van der Waals surface area contributed by atoms with Crippen LogP contribution in [0.4, 0.5) is 0 Å². The predicted molar refractivity (Wildman–Crippen MR) is 85.5 cm³/mol. The number of hydrogen-bond acceptors (Lipinski definition) is 2. The molecule has 1 unspecified atom stereocenters. The van der Waals surface area contributed by atoms with E-state index in [9.17, 15) is 4.79 Å². The van der Waals surface area contributed by atoms with Gasteiger partial charge in [-0.2, -0.15) is 0 Å². The summed E-state index contributed by atoms with van der Waals surface area (Å²) in [7, 11) is 0. The summed E-state index contributed by atoms with van der Waals surface area (Å²) >= 11 is 0. The Morgan fingerprint density at radius 2 is 2.00 bits per heavy atom. The van der Waals surface area contributed by atoms with Gasteiger partial charge in [0.25, 0.3) is 0 Å². The first-order valence-electron chi connectivity index (χ1n) is 8.00. The Balaban J connectivity index is 1.92. The van der Waals surface area contributed by atoms with E-state index in [0.29, 0.717) is 18.4 Å². The molecule has 3 heteroatoms. The van der Waals surface area contributed by atoms with Crippen molar-refractivity contribution < 1.29 is 9.90 Å². The van der Waals surface area contributed by atoms with Gasteiger partial charge in [-0.15, -0.1) is 0 Å². The molecule has 0 spiro atoms. The van der Waals surface area contributed by atoms with Crippen LogP contribution >= 0.6 is 0 Å². The molecule has 1 aromatic rings. The van der Waals surface area contributed by atoms with Crippen molar-refractivity contribution in [2.24, 2.45) is 5.92 Å². The molecule has 0 saturated carbocycles. The van der Waals surface area contributed by atoms with Crippen molar-refractivity contribution in [3.05, 3.63) is 34.9 Å². The van der Waals surface area contributed by atoms with Crippen LogP contribution in [0.1, 0.15) is 55.3 Å². The first-order valence-corrected chi connectivity index (χ1v) is 8.00.